The van der Waals surface area contributed by atoms with Crippen LogP contribution in [0, 0.1) is 11.3 Å². The Kier molecular flexibility index (Phi) is 6.27. The zero-order chi connectivity index (χ0) is 25.0. The maximum Gasteiger partial charge on any atom is 0.416 e. The predicted octanol–water partition coefficient (Wildman–Crippen LogP) is 5.88. The van der Waals surface area contributed by atoms with Crippen LogP contribution in [0.2, 0.25) is 5.02 Å². The molecule has 1 aromatic carbocycles. The third kappa shape index (κ3) is 4.57. The summed E-state index contributed by atoms with van der Waals surface area (Å²) in [5, 5.41) is 10.9. The molecule has 2 atom stereocenters. The number of halogens is 4. The van der Waals surface area contributed by atoms with Crippen molar-refractivity contribution in [1.29, 1.82) is 0 Å². The van der Waals surface area contributed by atoms with E-state index in [9.17, 15) is 22.8 Å². The Morgan fingerprint density at radius 3 is 2.65 bits per heavy atom. The van der Waals surface area contributed by atoms with E-state index in [2.05, 4.69) is 36.4 Å². The summed E-state index contributed by atoms with van der Waals surface area (Å²) in [5.74, 6) is -0.237. The van der Waals surface area contributed by atoms with Gasteiger partial charge in [-0.25, -0.2) is 0 Å². The fourth-order valence-electron chi connectivity index (χ4n) is 4.24. The van der Waals surface area contributed by atoms with E-state index in [0.717, 1.165) is 52.6 Å². The average molecular weight is 513 g/mol. The van der Waals surface area contributed by atoms with Crippen molar-refractivity contribution in [3.8, 4) is 0 Å². The summed E-state index contributed by atoms with van der Waals surface area (Å²) in [4.78, 5) is 27.8. The second-order valence-corrected chi connectivity index (χ2v) is 11.2. The van der Waals surface area contributed by atoms with Crippen LogP contribution in [0.1, 0.15) is 56.2 Å². The number of hydrogen-bond acceptors (Lipinski definition) is 5. The smallest absolute Gasteiger partial charge is 0.323 e. The largest absolute Gasteiger partial charge is 0.416 e. The predicted molar refractivity (Wildman–Crippen MR) is 126 cm³/mol. The monoisotopic (exact) mass is 512 g/mol. The van der Waals surface area contributed by atoms with Crippen LogP contribution in [0.25, 0.3) is 10.2 Å². The molecule has 0 saturated heterocycles. The van der Waals surface area contributed by atoms with Crippen molar-refractivity contribution in [2.75, 3.05) is 5.32 Å². The highest BCUT2D eigenvalue weighted by Crippen LogP contribution is 2.42. The van der Waals surface area contributed by atoms with Crippen LogP contribution in [0.15, 0.2) is 23.0 Å². The van der Waals surface area contributed by atoms with E-state index in [1.54, 1.807) is 0 Å². The van der Waals surface area contributed by atoms with E-state index < -0.39 is 29.2 Å². The van der Waals surface area contributed by atoms with Gasteiger partial charge < -0.3 is 5.32 Å². The molecule has 0 radical (unpaired) electrons. The lowest BCUT2D eigenvalue weighted by atomic mass is 9.72. The molecule has 0 saturated carbocycles. The van der Waals surface area contributed by atoms with Crippen molar-refractivity contribution < 1.29 is 18.0 Å². The number of alkyl halides is 3. The second-order valence-electron chi connectivity index (χ2n) is 9.69. The van der Waals surface area contributed by atoms with Gasteiger partial charge in [-0.15, -0.1) is 16.4 Å². The lowest BCUT2D eigenvalue weighted by molar-refractivity contribution is -0.137. The molecule has 1 N–H and O–H groups in total. The van der Waals surface area contributed by atoms with Gasteiger partial charge in [0.25, 0.3) is 5.56 Å². The van der Waals surface area contributed by atoms with E-state index in [1.165, 1.54) is 18.3 Å². The third-order valence-electron chi connectivity index (χ3n) is 6.42. The number of nitrogens with zero attached hydrogens (tertiary/aromatic N) is 3. The topological polar surface area (TPSA) is 76.9 Å². The first-order valence-corrected chi connectivity index (χ1v) is 12.0. The molecule has 1 aliphatic carbocycles. The molecule has 34 heavy (non-hydrogen) atoms. The van der Waals surface area contributed by atoms with E-state index in [0.29, 0.717) is 16.1 Å². The molecule has 0 bridgehead atoms. The number of fused-ring (bicyclic) bond motifs is 3. The van der Waals surface area contributed by atoms with Crippen LogP contribution in [-0.4, -0.2) is 20.9 Å². The van der Waals surface area contributed by atoms with E-state index in [1.807, 2.05) is 0 Å². The Labute approximate surface area is 203 Å². The first-order chi connectivity index (χ1) is 15.8. The Balaban J connectivity index is 1.64. The first kappa shape index (κ1) is 24.7. The molecule has 3 aromatic rings. The Morgan fingerprint density at radius 1 is 1.29 bits per heavy atom. The molecule has 182 valence electrons. The van der Waals surface area contributed by atoms with Gasteiger partial charge in [0.15, 0.2) is 4.83 Å². The van der Waals surface area contributed by atoms with Gasteiger partial charge in [-0.1, -0.05) is 37.6 Å². The summed E-state index contributed by atoms with van der Waals surface area (Å²) in [6.07, 6.45) is -2.02. The highest BCUT2D eigenvalue weighted by Gasteiger charge is 2.33. The van der Waals surface area contributed by atoms with E-state index >= 15 is 0 Å². The SMILES string of the molecule is CC(C(=O)Nc1cc(C(F)(F)F)ccc1Cl)n1nnc2sc3c(c2c1=O)CCC(C(C)(C)C)C3. The molecule has 0 spiro atoms. The zero-order valence-corrected chi connectivity index (χ0v) is 20.7. The summed E-state index contributed by atoms with van der Waals surface area (Å²) in [7, 11) is 0. The highest BCUT2D eigenvalue weighted by atomic mass is 35.5. The summed E-state index contributed by atoms with van der Waals surface area (Å²) in [6.45, 7) is 8.06. The van der Waals surface area contributed by atoms with Crippen molar-refractivity contribution in [2.24, 2.45) is 11.3 Å². The number of carbonyl (C=O) groups excluding carboxylic acids is 1. The van der Waals surface area contributed by atoms with Gasteiger partial charge in [0.2, 0.25) is 5.91 Å². The van der Waals surface area contributed by atoms with Gasteiger partial charge in [0.05, 0.1) is 21.7 Å². The quantitative estimate of drug-likeness (QED) is 0.475. The van der Waals surface area contributed by atoms with Crippen LogP contribution in [0.3, 0.4) is 0 Å². The molecule has 1 amide bonds. The minimum Gasteiger partial charge on any atom is -0.323 e. The number of aromatic nitrogens is 3. The summed E-state index contributed by atoms with van der Waals surface area (Å²) in [6, 6.07) is 1.53. The average Bonchev–Trinajstić information content (AvgIpc) is 3.12. The minimum atomic E-state index is -4.59. The fourth-order valence-corrected chi connectivity index (χ4v) is 5.64. The number of carbonyl (C=O) groups is 1. The lowest BCUT2D eigenvalue weighted by Gasteiger charge is -2.33. The van der Waals surface area contributed by atoms with E-state index in [-0.39, 0.29) is 16.1 Å². The van der Waals surface area contributed by atoms with Crippen molar-refractivity contribution >= 4 is 44.7 Å². The molecular weight excluding hydrogens is 489 g/mol. The molecule has 1 aliphatic rings. The molecule has 2 heterocycles. The molecular formula is C23H24ClF3N4O2S. The van der Waals surface area contributed by atoms with Gasteiger partial charge in [0.1, 0.15) is 6.04 Å². The Morgan fingerprint density at radius 2 is 2.00 bits per heavy atom. The van der Waals surface area contributed by atoms with Crippen molar-refractivity contribution in [3.63, 3.8) is 0 Å². The number of amides is 1. The van der Waals surface area contributed by atoms with Crippen molar-refractivity contribution in [3.05, 3.63) is 49.6 Å². The van der Waals surface area contributed by atoms with Crippen molar-refractivity contribution in [2.45, 2.75) is 59.2 Å². The van der Waals surface area contributed by atoms with Gasteiger partial charge in [-0.2, -0.15) is 17.9 Å². The molecule has 6 nitrogen and oxygen atoms in total. The summed E-state index contributed by atoms with van der Waals surface area (Å²) < 4.78 is 40.1. The fraction of sp³-hybridized carbons (Fsp3) is 0.478. The first-order valence-electron chi connectivity index (χ1n) is 10.8. The lowest BCUT2D eigenvalue weighted by Crippen LogP contribution is -2.34. The second kappa shape index (κ2) is 8.64. The Bertz CT molecular complexity index is 1330. The Hall–Kier alpha value is -2.46. The van der Waals surface area contributed by atoms with Crippen LogP contribution < -0.4 is 10.9 Å². The number of nitrogens with one attached hydrogen (secondary N) is 1. The summed E-state index contributed by atoms with van der Waals surface area (Å²) in [5.41, 5.74) is -0.470. The van der Waals surface area contributed by atoms with Gasteiger partial charge >= 0.3 is 6.18 Å². The number of aryl methyl sites for hydroxylation is 1. The maximum absolute atomic E-state index is 13.3. The number of hydrogen-bond donors (Lipinski definition) is 1. The number of thiophene rings is 1. The highest BCUT2D eigenvalue weighted by molar-refractivity contribution is 7.18. The van der Waals surface area contributed by atoms with Crippen molar-refractivity contribution in [1.82, 2.24) is 15.0 Å². The number of benzene rings is 1. The van der Waals surface area contributed by atoms with Crippen LogP contribution >= 0.6 is 22.9 Å². The van der Waals surface area contributed by atoms with Crippen LogP contribution in [0.5, 0.6) is 0 Å². The van der Waals surface area contributed by atoms with Crippen LogP contribution in [0.4, 0.5) is 18.9 Å². The third-order valence-corrected chi connectivity index (χ3v) is 7.89. The van der Waals surface area contributed by atoms with Gasteiger partial charge in [0, 0.05) is 4.88 Å². The van der Waals surface area contributed by atoms with Gasteiger partial charge in [-0.3, -0.25) is 9.59 Å². The number of anilines is 1. The molecule has 11 heteroatoms. The zero-order valence-electron chi connectivity index (χ0n) is 19.1. The molecule has 0 aliphatic heterocycles. The summed E-state index contributed by atoms with van der Waals surface area (Å²) >= 11 is 7.44. The molecule has 0 fully saturated rings. The molecule has 4 rings (SSSR count). The van der Waals surface area contributed by atoms with Crippen LogP contribution in [-0.2, 0) is 23.8 Å². The molecule has 2 unspecified atom stereocenters. The standard InChI is InChI=1S/C23H24ClF3N4O2S/c1-11(19(32)28-16-9-13(23(25,26)27)6-8-15(16)24)31-21(33)18-14-7-5-12(22(2,3)4)10-17(14)34-20(18)29-30-31/h6,8-9,11-12H,5,7,10H2,1-4H3,(H,28,32). The van der Waals surface area contributed by atoms with Gasteiger partial charge in [-0.05, 0) is 61.3 Å². The number of rotatable bonds is 3. The van der Waals surface area contributed by atoms with E-state index in [4.69, 9.17) is 11.6 Å². The normalized spacial score (nSPS) is 17.5. The minimum absolute atomic E-state index is 0.0530. The molecule has 2 aromatic heterocycles. The maximum atomic E-state index is 13.3.